The van der Waals surface area contributed by atoms with E-state index in [9.17, 15) is 0 Å². The number of hydrogen-bond acceptors (Lipinski definition) is 0. The molecule has 0 nitrogen and oxygen atoms in total. The van der Waals surface area contributed by atoms with Crippen LogP contribution in [-0.4, -0.2) is 8.80 Å². The van der Waals surface area contributed by atoms with Crippen LogP contribution in [0.5, 0.6) is 0 Å². The predicted octanol–water partition coefficient (Wildman–Crippen LogP) is 4.11. The molecule has 1 atom stereocenters. The molecule has 0 aliphatic carbocycles. The van der Waals surface area contributed by atoms with Crippen LogP contribution in [0, 0.1) is 0 Å². The molecule has 16 heavy (non-hydrogen) atoms. The lowest BCUT2D eigenvalue weighted by molar-refractivity contribution is 0.623. The van der Waals surface area contributed by atoms with Crippen LogP contribution in [0.1, 0.15) is 45.4 Å². The van der Waals surface area contributed by atoms with Gasteiger partial charge in [-0.2, -0.15) is 0 Å². The van der Waals surface area contributed by atoms with E-state index in [2.05, 4.69) is 43.8 Å². The van der Waals surface area contributed by atoms with Crippen LogP contribution in [0.2, 0.25) is 12.6 Å². The molecule has 1 unspecified atom stereocenters. The van der Waals surface area contributed by atoms with Gasteiger partial charge in [0.15, 0.2) is 0 Å². The fourth-order valence-corrected chi connectivity index (χ4v) is 4.29. The zero-order chi connectivity index (χ0) is 11.6. The van der Waals surface area contributed by atoms with Gasteiger partial charge in [0.05, 0.1) is 8.80 Å². The molecule has 0 N–H and O–H groups in total. The summed E-state index contributed by atoms with van der Waals surface area (Å²) in [5, 5.41) is 1.64. The molecule has 0 fully saturated rings. The maximum absolute atomic E-state index is 2.49. The molecule has 0 radical (unpaired) electrons. The maximum Gasteiger partial charge on any atom is 0.0677 e. The molecule has 0 aromatic heterocycles. The van der Waals surface area contributed by atoms with Crippen LogP contribution >= 0.6 is 0 Å². The SMILES string of the molecule is CCCCCCCC[SiH](C)c1ccccc1. The van der Waals surface area contributed by atoms with Gasteiger partial charge in [-0.1, -0.05) is 93.6 Å². The lowest BCUT2D eigenvalue weighted by Crippen LogP contribution is -2.25. The van der Waals surface area contributed by atoms with Crippen LogP contribution in [0.4, 0.5) is 0 Å². The van der Waals surface area contributed by atoms with Crippen LogP contribution in [0.3, 0.4) is 0 Å². The van der Waals surface area contributed by atoms with E-state index in [1.165, 1.54) is 44.6 Å². The van der Waals surface area contributed by atoms with Crippen molar-refractivity contribution in [1.82, 2.24) is 0 Å². The molecule has 1 heteroatoms. The third kappa shape index (κ3) is 5.50. The van der Waals surface area contributed by atoms with Crippen LogP contribution in [0.15, 0.2) is 30.3 Å². The molecule has 1 rings (SSSR count). The molecule has 0 saturated carbocycles. The summed E-state index contributed by atoms with van der Waals surface area (Å²) in [6.07, 6.45) is 8.57. The van der Waals surface area contributed by atoms with Gasteiger partial charge < -0.3 is 0 Å². The van der Waals surface area contributed by atoms with Gasteiger partial charge in [-0.25, -0.2) is 0 Å². The fourth-order valence-electron chi connectivity index (χ4n) is 2.18. The summed E-state index contributed by atoms with van der Waals surface area (Å²) in [5.41, 5.74) is 0. The highest BCUT2D eigenvalue weighted by atomic mass is 28.3. The van der Waals surface area contributed by atoms with Crippen molar-refractivity contribution in [3.8, 4) is 0 Å². The Morgan fingerprint density at radius 3 is 2.19 bits per heavy atom. The lowest BCUT2D eigenvalue weighted by atomic mass is 10.1. The molecular weight excluding hydrogens is 208 g/mol. The number of unbranched alkanes of at least 4 members (excludes halogenated alkanes) is 5. The van der Waals surface area contributed by atoms with Crippen molar-refractivity contribution < 1.29 is 0 Å². The lowest BCUT2D eigenvalue weighted by Gasteiger charge is -2.09. The zero-order valence-corrected chi connectivity index (χ0v) is 12.1. The Labute approximate surface area is 103 Å². The minimum Gasteiger partial charge on any atom is -0.0680 e. The van der Waals surface area contributed by atoms with Crippen molar-refractivity contribution in [3.05, 3.63) is 30.3 Å². The molecule has 0 bridgehead atoms. The summed E-state index contributed by atoms with van der Waals surface area (Å²) in [5.74, 6) is 0. The van der Waals surface area contributed by atoms with E-state index < -0.39 is 8.80 Å². The molecule has 0 aliphatic rings. The van der Waals surface area contributed by atoms with Crippen LogP contribution in [0.25, 0.3) is 0 Å². The highest BCUT2D eigenvalue weighted by Gasteiger charge is 2.05. The first-order valence-corrected chi connectivity index (χ1v) is 9.44. The van der Waals surface area contributed by atoms with Crippen molar-refractivity contribution in [2.75, 3.05) is 0 Å². The smallest absolute Gasteiger partial charge is 0.0677 e. The molecule has 1 aromatic rings. The van der Waals surface area contributed by atoms with Crippen molar-refractivity contribution in [2.45, 2.75) is 58.0 Å². The molecule has 0 heterocycles. The van der Waals surface area contributed by atoms with E-state index >= 15 is 0 Å². The van der Waals surface area contributed by atoms with Crippen molar-refractivity contribution in [1.29, 1.82) is 0 Å². The number of hydrogen-bond donors (Lipinski definition) is 0. The summed E-state index contributed by atoms with van der Waals surface area (Å²) < 4.78 is 0. The van der Waals surface area contributed by atoms with E-state index in [4.69, 9.17) is 0 Å². The van der Waals surface area contributed by atoms with E-state index in [1.807, 2.05) is 0 Å². The topological polar surface area (TPSA) is 0 Å². The second-order valence-corrected chi connectivity index (χ2v) is 7.91. The monoisotopic (exact) mass is 234 g/mol. The minimum absolute atomic E-state index is 0.619. The van der Waals surface area contributed by atoms with Gasteiger partial charge >= 0.3 is 0 Å². The first-order valence-electron chi connectivity index (χ1n) is 6.89. The molecule has 1 aromatic carbocycles. The Balaban J connectivity index is 2.09. The minimum atomic E-state index is -0.619. The van der Waals surface area contributed by atoms with Crippen LogP contribution in [-0.2, 0) is 0 Å². The Hall–Kier alpha value is -0.563. The van der Waals surface area contributed by atoms with Gasteiger partial charge in [0.2, 0.25) is 0 Å². The second kappa shape index (κ2) is 8.57. The predicted molar refractivity (Wildman–Crippen MR) is 77.3 cm³/mol. The standard InChI is InChI=1S/C15H26Si/c1-3-4-5-6-7-11-14-16(2)15-12-9-8-10-13-15/h8-10,12-13,16H,3-7,11,14H2,1-2H3. The van der Waals surface area contributed by atoms with Crippen molar-refractivity contribution >= 4 is 14.0 Å². The number of rotatable bonds is 8. The Kier molecular flexibility index (Phi) is 7.23. The summed E-state index contributed by atoms with van der Waals surface area (Å²) in [4.78, 5) is 0. The van der Waals surface area contributed by atoms with E-state index in [-0.39, 0.29) is 0 Å². The van der Waals surface area contributed by atoms with Gasteiger partial charge in [0.25, 0.3) is 0 Å². The summed E-state index contributed by atoms with van der Waals surface area (Å²) in [6, 6.07) is 12.6. The Morgan fingerprint density at radius 2 is 1.50 bits per heavy atom. The molecule has 0 amide bonds. The summed E-state index contributed by atoms with van der Waals surface area (Å²) in [6.45, 7) is 4.77. The largest absolute Gasteiger partial charge is 0.0680 e. The molecule has 0 aliphatic heterocycles. The first kappa shape index (κ1) is 13.5. The zero-order valence-electron chi connectivity index (χ0n) is 10.9. The number of benzene rings is 1. The Bertz CT molecular complexity index is 255. The van der Waals surface area contributed by atoms with Gasteiger partial charge in [-0.3, -0.25) is 0 Å². The molecule has 0 spiro atoms. The fraction of sp³-hybridized carbons (Fsp3) is 0.600. The van der Waals surface area contributed by atoms with Crippen molar-refractivity contribution in [2.24, 2.45) is 0 Å². The van der Waals surface area contributed by atoms with E-state index in [1.54, 1.807) is 5.19 Å². The summed E-state index contributed by atoms with van der Waals surface area (Å²) in [7, 11) is -0.619. The first-order chi connectivity index (χ1) is 7.84. The second-order valence-electron chi connectivity index (χ2n) is 4.87. The highest BCUT2D eigenvalue weighted by Crippen LogP contribution is 2.09. The van der Waals surface area contributed by atoms with E-state index in [0.717, 1.165) is 0 Å². The normalized spacial score (nSPS) is 12.6. The molecule has 0 saturated heterocycles. The quantitative estimate of drug-likeness (QED) is 0.469. The maximum atomic E-state index is 2.49. The summed E-state index contributed by atoms with van der Waals surface area (Å²) >= 11 is 0. The van der Waals surface area contributed by atoms with Gasteiger partial charge in [0.1, 0.15) is 0 Å². The average molecular weight is 234 g/mol. The van der Waals surface area contributed by atoms with Gasteiger partial charge in [0, 0.05) is 0 Å². The Morgan fingerprint density at radius 1 is 0.875 bits per heavy atom. The average Bonchev–Trinajstić information content (AvgIpc) is 2.34. The molecule has 90 valence electrons. The van der Waals surface area contributed by atoms with E-state index in [0.29, 0.717) is 0 Å². The van der Waals surface area contributed by atoms with Crippen molar-refractivity contribution in [3.63, 3.8) is 0 Å². The van der Waals surface area contributed by atoms with Gasteiger partial charge in [-0.05, 0) is 0 Å². The van der Waals surface area contributed by atoms with Crippen LogP contribution < -0.4 is 5.19 Å². The highest BCUT2D eigenvalue weighted by molar-refractivity contribution is 6.71. The molecular formula is C15H26Si. The van der Waals surface area contributed by atoms with Gasteiger partial charge in [-0.15, -0.1) is 0 Å². The third-order valence-electron chi connectivity index (χ3n) is 3.36. The third-order valence-corrected chi connectivity index (χ3v) is 6.16.